The Morgan fingerprint density at radius 2 is 2.24 bits per heavy atom. The third kappa shape index (κ3) is 2.35. The molecule has 0 bridgehead atoms. The number of benzene rings is 1. The molecule has 1 aromatic carbocycles. The van der Waals surface area contributed by atoms with Gasteiger partial charge in [0.15, 0.2) is 5.78 Å². The van der Waals surface area contributed by atoms with Gasteiger partial charge in [0.05, 0.1) is 6.42 Å². The van der Waals surface area contributed by atoms with Crippen molar-refractivity contribution >= 4 is 11.8 Å². The van der Waals surface area contributed by atoms with Gasteiger partial charge in [0.2, 0.25) is 0 Å². The highest BCUT2D eigenvalue weighted by molar-refractivity contribution is 5.99. The largest absolute Gasteiger partial charge is 0.481 e. The highest BCUT2D eigenvalue weighted by atomic mass is 16.4. The van der Waals surface area contributed by atoms with Gasteiger partial charge in [-0.25, -0.2) is 0 Å². The van der Waals surface area contributed by atoms with Crippen molar-refractivity contribution in [2.24, 2.45) is 17.3 Å². The zero-order chi connectivity index (χ0) is 17.8. The van der Waals surface area contributed by atoms with E-state index in [1.165, 1.54) is 0 Å². The number of ketones is 1. The highest BCUT2D eigenvalue weighted by Gasteiger charge is 2.52. The van der Waals surface area contributed by atoms with Crippen LogP contribution in [-0.4, -0.2) is 16.9 Å². The fraction of sp³-hybridized carbons (Fsp3) is 0.455. The van der Waals surface area contributed by atoms with E-state index < -0.39 is 5.97 Å². The second-order valence-corrected chi connectivity index (χ2v) is 7.95. The Hall–Kier alpha value is -2.34. The summed E-state index contributed by atoms with van der Waals surface area (Å²) < 4.78 is 0. The summed E-state index contributed by atoms with van der Waals surface area (Å²) >= 11 is 0. The van der Waals surface area contributed by atoms with Crippen LogP contribution in [0.3, 0.4) is 0 Å². The minimum absolute atomic E-state index is 0.0369. The van der Waals surface area contributed by atoms with Crippen molar-refractivity contribution in [2.75, 3.05) is 0 Å². The number of carbonyl (C=O) groups excluding carboxylic acids is 1. The number of hydrogen-bond acceptors (Lipinski definition) is 2. The monoisotopic (exact) mass is 334 g/mol. The van der Waals surface area contributed by atoms with Crippen LogP contribution in [0.4, 0.5) is 0 Å². The molecule has 1 saturated carbocycles. The van der Waals surface area contributed by atoms with E-state index in [0.717, 1.165) is 36.0 Å². The van der Waals surface area contributed by atoms with Crippen LogP contribution in [0.25, 0.3) is 0 Å². The predicted molar refractivity (Wildman–Crippen MR) is 95.3 cm³/mol. The van der Waals surface area contributed by atoms with Gasteiger partial charge in [0, 0.05) is 23.0 Å². The molecular formula is C22H22O3. The number of fused-ring (bicyclic) bond motifs is 5. The van der Waals surface area contributed by atoms with Crippen molar-refractivity contribution in [2.45, 2.75) is 44.9 Å². The lowest BCUT2D eigenvalue weighted by molar-refractivity contribution is -0.136. The quantitative estimate of drug-likeness (QED) is 0.832. The Balaban J connectivity index is 1.70. The van der Waals surface area contributed by atoms with Gasteiger partial charge in [-0.2, -0.15) is 0 Å². The number of hydrogen-bond donors (Lipinski definition) is 1. The Bertz CT molecular complexity index is 841. The van der Waals surface area contributed by atoms with Crippen molar-refractivity contribution in [1.29, 1.82) is 0 Å². The van der Waals surface area contributed by atoms with Crippen molar-refractivity contribution in [3.63, 3.8) is 0 Å². The van der Waals surface area contributed by atoms with Gasteiger partial charge in [-0.3, -0.25) is 9.59 Å². The molecule has 25 heavy (non-hydrogen) atoms. The third-order valence-electron chi connectivity index (χ3n) is 6.77. The van der Waals surface area contributed by atoms with Crippen LogP contribution < -0.4 is 0 Å². The molecule has 4 rings (SSSR count). The number of Topliss-reactive ketones (excluding diaryl/α,β-unsaturated/α-hetero) is 1. The smallest absolute Gasteiger partial charge is 0.307 e. The molecule has 3 aliphatic rings. The molecule has 1 N–H and O–H groups in total. The summed E-state index contributed by atoms with van der Waals surface area (Å²) in [6.45, 7) is 2.27. The van der Waals surface area contributed by atoms with Gasteiger partial charge in [-0.1, -0.05) is 31.1 Å². The van der Waals surface area contributed by atoms with Crippen molar-refractivity contribution in [3.8, 4) is 12.3 Å². The van der Waals surface area contributed by atoms with E-state index in [9.17, 15) is 9.59 Å². The number of carbonyl (C=O) groups is 2. The van der Waals surface area contributed by atoms with E-state index in [1.54, 1.807) is 6.07 Å². The number of carboxylic acids is 1. The summed E-state index contributed by atoms with van der Waals surface area (Å²) in [6.07, 6.45) is 11.5. The van der Waals surface area contributed by atoms with Gasteiger partial charge in [0.25, 0.3) is 0 Å². The second-order valence-electron chi connectivity index (χ2n) is 7.95. The van der Waals surface area contributed by atoms with E-state index in [2.05, 4.69) is 18.9 Å². The lowest BCUT2D eigenvalue weighted by atomic mass is 9.54. The van der Waals surface area contributed by atoms with Crippen LogP contribution >= 0.6 is 0 Å². The van der Waals surface area contributed by atoms with Gasteiger partial charge in [-0.15, -0.1) is 6.42 Å². The number of carboxylic acid groups (broad SMARTS) is 1. The van der Waals surface area contributed by atoms with Crippen LogP contribution in [-0.2, 0) is 11.2 Å². The van der Waals surface area contributed by atoms with Gasteiger partial charge in [-0.05, 0) is 54.2 Å². The van der Waals surface area contributed by atoms with Crippen LogP contribution in [0.5, 0.6) is 0 Å². The summed E-state index contributed by atoms with van der Waals surface area (Å²) in [5.74, 6) is 3.32. The molecule has 0 amide bonds. The van der Waals surface area contributed by atoms with Gasteiger partial charge < -0.3 is 5.11 Å². The first-order chi connectivity index (χ1) is 11.9. The highest BCUT2D eigenvalue weighted by Crippen LogP contribution is 2.60. The minimum Gasteiger partial charge on any atom is -0.481 e. The number of terminal acetylenes is 1. The maximum atomic E-state index is 12.8. The molecule has 128 valence electrons. The summed E-state index contributed by atoms with van der Waals surface area (Å²) in [4.78, 5) is 23.8. The lowest BCUT2D eigenvalue weighted by Gasteiger charge is -2.49. The molecule has 1 fully saturated rings. The van der Waals surface area contributed by atoms with Crippen molar-refractivity contribution in [1.82, 2.24) is 0 Å². The van der Waals surface area contributed by atoms with Gasteiger partial charge >= 0.3 is 5.97 Å². The first-order valence-electron chi connectivity index (χ1n) is 8.99. The lowest BCUT2D eigenvalue weighted by Crippen LogP contribution is -2.42. The van der Waals surface area contributed by atoms with E-state index in [0.29, 0.717) is 29.7 Å². The maximum absolute atomic E-state index is 12.8. The molecular weight excluding hydrogens is 312 g/mol. The van der Waals surface area contributed by atoms with Crippen molar-refractivity contribution in [3.05, 3.63) is 46.5 Å². The van der Waals surface area contributed by atoms with E-state index in [1.807, 2.05) is 12.1 Å². The average Bonchev–Trinajstić information content (AvgIpc) is 2.91. The minimum atomic E-state index is -0.867. The Morgan fingerprint density at radius 1 is 1.44 bits per heavy atom. The SMILES string of the molecule is C#CC1=CCC2C3CC(=O)c4cc(CC(=O)O)ccc4C3CC[C@]12C. The average molecular weight is 334 g/mol. The molecule has 4 atom stereocenters. The van der Waals surface area contributed by atoms with Gasteiger partial charge in [0.1, 0.15) is 0 Å². The molecule has 0 spiro atoms. The zero-order valence-corrected chi connectivity index (χ0v) is 14.4. The third-order valence-corrected chi connectivity index (χ3v) is 6.77. The normalized spacial score (nSPS) is 32.9. The van der Waals surface area contributed by atoms with E-state index in [-0.39, 0.29) is 17.6 Å². The summed E-state index contributed by atoms with van der Waals surface area (Å²) in [6, 6.07) is 5.67. The van der Waals surface area contributed by atoms with Crippen LogP contribution in [0.2, 0.25) is 0 Å². The topological polar surface area (TPSA) is 54.4 Å². The van der Waals surface area contributed by atoms with Crippen LogP contribution in [0, 0.1) is 29.6 Å². The standard InChI is InChI=1S/C22H22O3/c1-3-14-5-7-19-17-12-20(23)18-10-13(11-21(24)25)4-6-15(18)16(17)8-9-22(14,19)2/h1,4-6,10,16-17,19H,7-9,11-12H2,2H3,(H,24,25)/t16?,17?,19?,22-/m1/s1. The molecule has 0 aromatic heterocycles. The first kappa shape index (κ1) is 16.1. The molecule has 0 saturated heterocycles. The fourth-order valence-corrected chi connectivity index (χ4v) is 5.53. The van der Waals surface area contributed by atoms with E-state index in [4.69, 9.17) is 11.5 Å². The Morgan fingerprint density at radius 3 is 2.96 bits per heavy atom. The molecule has 0 radical (unpaired) electrons. The Labute approximate surface area is 148 Å². The maximum Gasteiger partial charge on any atom is 0.307 e. The van der Waals surface area contributed by atoms with Crippen molar-refractivity contribution < 1.29 is 14.7 Å². The molecule has 3 unspecified atom stereocenters. The molecule has 3 nitrogen and oxygen atoms in total. The molecule has 3 aliphatic carbocycles. The molecule has 0 aliphatic heterocycles. The zero-order valence-electron chi connectivity index (χ0n) is 14.4. The Kier molecular flexibility index (Phi) is 3.61. The van der Waals surface area contributed by atoms with Crippen LogP contribution in [0.15, 0.2) is 29.8 Å². The summed E-state index contributed by atoms with van der Waals surface area (Å²) in [7, 11) is 0. The number of aliphatic carboxylic acids is 1. The summed E-state index contributed by atoms with van der Waals surface area (Å²) in [5, 5.41) is 9.00. The molecule has 0 heterocycles. The summed E-state index contributed by atoms with van der Waals surface area (Å²) in [5.41, 5.74) is 3.72. The van der Waals surface area contributed by atoms with Crippen LogP contribution in [0.1, 0.15) is 60.0 Å². The molecule has 1 aromatic rings. The number of allylic oxidation sites excluding steroid dienone is 2. The second kappa shape index (κ2) is 5.59. The fourth-order valence-electron chi connectivity index (χ4n) is 5.53. The first-order valence-corrected chi connectivity index (χ1v) is 8.99. The number of rotatable bonds is 2. The predicted octanol–water partition coefficient (Wildman–Crippen LogP) is 3.98. The van der Waals surface area contributed by atoms with E-state index >= 15 is 0 Å². The molecule has 3 heteroatoms.